The lowest BCUT2D eigenvalue weighted by Crippen LogP contribution is -2.31. The van der Waals surface area contributed by atoms with Crippen molar-refractivity contribution in [2.45, 2.75) is 42.2 Å². The van der Waals surface area contributed by atoms with Crippen molar-refractivity contribution in [1.82, 2.24) is 15.1 Å². The van der Waals surface area contributed by atoms with E-state index in [1.165, 1.54) is 28.0 Å². The molecule has 0 spiro atoms. The lowest BCUT2D eigenvalue weighted by atomic mass is 10.2. The van der Waals surface area contributed by atoms with Crippen LogP contribution in [0.25, 0.3) is 0 Å². The van der Waals surface area contributed by atoms with Gasteiger partial charge in [0.15, 0.2) is 4.34 Å². The van der Waals surface area contributed by atoms with Gasteiger partial charge in [-0.1, -0.05) is 29.2 Å². The van der Waals surface area contributed by atoms with Crippen LogP contribution in [0.4, 0.5) is 5.13 Å². The van der Waals surface area contributed by atoms with Crippen LogP contribution in [0.5, 0.6) is 0 Å². The molecule has 9 heteroatoms. The van der Waals surface area contributed by atoms with Crippen LogP contribution in [0, 0.1) is 0 Å². The second-order valence-electron chi connectivity index (χ2n) is 6.44. The molecule has 1 N–H and O–H groups in total. The molecule has 140 valence electrons. The maximum Gasteiger partial charge on any atom is 0.233 e. The van der Waals surface area contributed by atoms with Crippen molar-refractivity contribution in [1.29, 1.82) is 0 Å². The van der Waals surface area contributed by atoms with Crippen LogP contribution in [0.2, 0.25) is 0 Å². The highest BCUT2D eigenvalue weighted by Crippen LogP contribution is 2.35. The van der Waals surface area contributed by atoms with Gasteiger partial charge in [-0.25, -0.2) is 0 Å². The molecule has 26 heavy (non-hydrogen) atoms. The summed E-state index contributed by atoms with van der Waals surface area (Å²) < 4.78 is 6.43. The van der Waals surface area contributed by atoms with Gasteiger partial charge < -0.3 is 15.0 Å². The zero-order chi connectivity index (χ0) is 17.8. The normalized spacial score (nSPS) is 22.8. The van der Waals surface area contributed by atoms with E-state index in [2.05, 4.69) is 33.0 Å². The highest BCUT2D eigenvalue weighted by atomic mass is 32.2. The lowest BCUT2D eigenvalue weighted by molar-refractivity contribution is -0.129. The molecule has 0 bridgehead atoms. The van der Waals surface area contributed by atoms with Crippen molar-refractivity contribution in [3.05, 3.63) is 22.4 Å². The van der Waals surface area contributed by atoms with Crippen LogP contribution in [-0.2, 0) is 9.53 Å². The number of amides is 1. The highest BCUT2D eigenvalue weighted by Gasteiger charge is 2.30. The molecule has 0 aliphatic carbocycles. The molecular formula is C17H22N4O2S3. The van der Waals surface area contributed by atoms with E-state index in [-0.39, 0.29) is 18.1 Å². The molecule has 2 aromatic rings. The second-order valence-corrected chi connectivity index (χ2v) is 9.62. The first-order chi connectivity index (χ1) is 12.8. The van der Waals surface area contributed by atoms with E-state index in [9.17, 15) is 4.79 Å². The van der Waals surface area contributed by atoms with Crippen molar-refractivity contribution in [2.75, 3.05) is 30.8 Å². The first-order valence-electron chi connectivity index (χ1n) is 8.94. The fraction of sp³-hybridized carbons (Fsp3) is 0.588. The maximum atomic E-state index is 12.7. The van der Waals surface area contributed by atoms with E-state index in [0.29, 0.717) is 5.75 Å². The van der Waals surface area contributed by atoms with Crippen LogP contribution >= 0.6 is 34.4 Å². The lowest BCUT2D eigenvalue weighted by Gasteiger charge is -2.23. The summed E-state index contributed by atoms with van der Waals surface area (Å²) in [5.74, 6) is 0.609. The molecule has 2 aliphatic rings. The van der Waals surface area contributed by atoms with Gasteiger partial charge in [0.2, 0.25) is 11.0 Å². The number of carbonyl (C=O) groups excluding carboxylic acids is 1. The Hall–Kier alpha value is -1.16. The molecule has 4 rings (SSSR count). The second kappa shape index (κ2) is 8.69. The predicted molar refractivity (Wildman–Crippen MR) is 106 cm³/mol. The molecule has 2 unspecified atom stereocenters. The minimum Gasteiger partial charge on any atom is -0.376 e. The number of likely N-dealkylation sites (tertiary alicyclic amines) is 1. The third-order valence-electron chi connectivity index (χ3n) is 4.68. The summed E-state index contributed by atoms with van der Waals surface area (Å²) >= 11 is 4.72. The molecule has 4 heterocycles. The molecule has 0 aromatic carbocycles. The summed E-state index contributed by atoms with van der Waals surface area (Å²) in [6.45, 7) is 2.48. The van der Waals surface area contributed by atoms with Crippen molar-refractivity contribution >= 4 is 45.5 Å². The Kier molecular flexibility index (Phi) is 6.08. The zero-order valence-corrected chi connectivity index (χ0v) is 16.9. The Morgan fingerprint density at radius 3 is 3.15 bits per heavy atom. The van der Waals surface area contributed by atoms with Gasteiger partial charge in [-0.15, -0.1) is 21.5 Å². The average molecular weight is 411 g/mol. The maximum absolute atomic E-state index is 12.7. The van der Waals surface area contributed by atoms with Gasteiger partial charge >= 0.3 is 0 Å². The van der Waals surface area contributed by atoms with E-state index >= 15 is 0 Å². The van der Waals surface area contributed by atoms with Crippen LogP contribution in [0.1, 0.15) is 36.6 Å². The summed E-state index contributed by atoms with van der Waals surface area (Å²) in [6.07, 6.45) is 4.65. The molecule has 2 fully saturated rings. The molecule has 2 atom stereocenters. The minimum absolute atomic E-state index is 0.190. The molecule has 0 radical (unpaired) electrons. The molecule has 0 saturated carbocycles. The van der Waals surface area contributed by atoms with Crippen molar-refractivity contribution in [3.63, 3.8) is 0 Å². The zero-order valence-electron chi connectivity index (χ0n) is 14.4. The summed E-state index contributed by atoms with van der Waals surface area (Å²) in [4.78, 5) is 16.0. The van der Waals surface area contributed by atoms with E-state index in [0.717, 1.165) is 54.9 Å². The molecule has 2 aliphatic heterocycles. The third-order valence-corrected chi connectivity index (χ3v) is 7.65. The quantitative estimate of drug-likeness (QED) is 0.703. The van der Waals surface area contributed by atoms with Gasteiger partial charge in [0, 0.05) is 24.6 Å². The van der Waals surface area contributed by atoms with Gasteiger partial charge in [0.05, 0.1) is 17.9 Å². The van der Waals surface area contributed by atoms with E-state index < -0.39 is 0 Å². The monoisotopic (exact) mass is 410 g/mol. The largest absolute Gasteiger partial charge is 0.376 e. The molecule has 1 amide bonds. The number of hydrogen-bond acceptors (Lipinski definition) is 8. The molecular weight excluding hydrogens is 388 g/mol. The average Bonchev–Trinajstić information content (AvgIpc) is 3.45. The first-order valence-corrected chi connectivity index (χ1v) is 11.6. The Balaban J connectivity index is 1.26. The summed E-state index contributed by atoms with van der Waals surface area (Å²) in [5, 5.41) is 14.5. The SMILES string of the molecule is O=C(CSc1nnc(NCC2CCCO2)s1)N1CCCC1c1cccs1. The molecule has 6 nitrogen and oxygen atoms in total. The number of hydrogen-bond donors (Lipinski definition) is 1. The van der Waals surface area contributed by atoms with Gasteiger partial charge in [-0.2, -0.15) is 0 Å². The van der Waals surface area contributed by atoms with Gasteiger partial charge in [-0.3, -0.25) is 4.79 Å². The third kappa shape index (κ3) is 4.39. The van der Waals surface area contributed by atoms with E-state index in [1.807, 2.05) is 4.90 Å². The number of thioether (sulfide) groups is 1. The number of thiophene rings is 1. The Morgan fingerprint density at radius 1 is 1.38 bits per heavy atom. The van der Waals surface area contributed by atoms with Crippen LogP contribution in [-0.4, -0.2) is 52.6 Å². The van der Waals surface area contributed by atoms with Crippen LogP contribution < -0.4 is 5.32 Å². The number of ether oxygens (including phenoxy) is 1. The van der Waals surface area contributed by atoms with E-state index in [4.69, 9.17) is 4.74 Å². The highest BCUT2D eigenvalue weighted by molar-refractivity contribution is 8.01. The predicted octanol–water partition coefficient (Wildman–Crippen LogP) is 3.65. The topological polar surface area (TPSA) is 67.3 Å². The first kappa shape index (κ1) is 18.2. The summed E-state index contributed by atoms with van der Waals surface area (Å²) in [7, 11) is 0. The standard InChI is InChI=1S/C17H22N4O2S3/c22-15(21-7-1-5-13(21)14-6-3-9-24-14)11-25-17-20-19-16(26-17)18-10-12-4-2-8-23-12/h3,6,9,12-13H,1-2,4-5,7-8,10-11H2,(H,18,19). The van der Waals surface area contributed by atoms with Crippen molar-refractivity contribution in [2.24, 2.45) is 0 Å². The molecule has 2 aromatic heterocycles. The summed E-state index contributed by atoms with van der Waals surface area (Å²) in [6, 6.07) is 4.44. The van der Waals surface area contributed by atoms with Gasteiger partial charge in [0.25, 0.3) is 0 Å². The Labute approximate surface area is 165 Å². The van der Waals surface area contributed by atoms with E-state index in [1.54, 1.807) is 11.3 Å². The Bertz CT molecular complexity index is 715. The van der Waals surface area contributed by atoms with Crippen LogP contribution in [0.3, 0.4) is 0 Å². The number of anilines is 1. The van der Waals surface area contributed by atoms with Crippen molar-refractivity contribution in [3.8, 4) is 0 Å². The summed E-state index contributed by atoms with van der Waals surface area (Å²) in [5.41, 5.74) is 0. The van der Waals surface area contributed by atoms with Crippen molar-refractivity contribution < 1.29 is 9.53 Å². The Morgan fingerprint density at radius 2 is 2.35 bits per heavy atom. The smallest absolute Gasteiger partial charge is 0.233 e. The number of carbonyl (C=O) groups is 1. The number of nitrogens with one attached hydrogen (secondary N) is 1. The number of nitrogens with zero attached hydrogens (tertiary/aromatic N) is 3. The number of aromatic nitrogens is 2. The molecule has 2 saturated heterocycles. The fourth-order valence-corrected chi connectivity index (χ4v) is 5.91. The fourth-order valence-electron chi connectivity index (χ4n) is 3.39. The van der Waals surface area contributed by atoms with Crippen LogP contribution in [0.15, 0.2) is 21.9 Å². The minimum atomic E-state index is 0.190. The number of rotatable bonds is 7. The van der Waals surface area contributed by atoms with Gasteiger partial charge in [-0.05, 0) is 37.1 Å². The van der Waals surface area contributed by atoms with Gasteiger partial charge in [0.1, 0.15) is 0 Å².